The molecule has 2 aliphatic rings. The number of ketones is 2. The molecule has 0 saturated carbocycles. The highest BCUT2D eigenvalue weighted by atomic mass is 31.2. The number of carbonyl (C=O) groups is 3. The van der Waals surface area contributed by atoms with Crippen molar-refractivity contribution >= 4 is 25.4 Å². The number of aliphatic hydroxyl groups is 2. The van der Waals surface area contributed by atoms with Crippen molar-refractivity contribution in [2.45, 2.75) is 51.6 Å². The Morgan fingerprint density at radius 1 is 1.39 bits per heavy atom. The van der Waals surface area contributed by atoms with Crippen molar-refractivity contribution < 1.29 is 47.8 Å². The smallest absolute Gasteiger partial charge is 0.449 e. The van der Waals surface area contributed by atoms with Crippen LogP contribution in [0.25, 0.3) is 0 Å². The van der Waals surface area contributed by atoms with Gasteiger partial charge in [0.2, 0.25) is 11.9 Å². The Hall–Kier alpha value is -1.68. The molecular formula is C17H23O10P. The third-order valence-electron chi connectivity index (χ3n) is 4.73. The van der Waals surface area contributed by atoms with Crippen LogP contribution in [-0.2, 0) is 32.7 Å². The fraction of sp³-hybridized carbons (Fsp3) is 0.588. The second-order valence-electron chi connectivity index (χ2n) is 7.28. The van der Waals surface area contributed by atoms with Crippen LogP contribution in [0.1, 0.15) is 27.2 Å². The largest absolute Gasteiger partial charge is 0.472 e. The third-order valence-corrected chi connectivity index (χ3v) is 5.73. The number of esters is 1. The molecular weight excluding hydrogens is 395 g/mol. The predicted molar refractivity (Wildman–Crippen MR) is 93.9 cm³/mol. The molecule has 0 aromatic rings. The van der Waals surface area contributed by atoms with Crippen LogP contribution >= 0.6 is 7.82 Å². The number of carbonyl (C=O) groups excluding carboxylic acids is 3. The SMILES string of the molecule is C=CC1=C(C)C(=O)C(OP(=O)(O)OC[C@H](O)[C@H]2OC(=O)C(O)C2=O)CC1(C)C. The molecule has 0 aromatic heterocycles. The molecule has 0 bridgehead atoms. The van der Waals surface area contributed by atoms with Gasteiger partial charge in [-0.1, -0.05) is 26.5 Å². The fourth-order valence-corrected chi connectivity index (χ4v) is 4.19. The maximum atomic E-state index is 12.4. The Balaban J connectivity index is 2.02. The second kappa shape index (κ2) is 7.98. The normalized spacial score (nSPS) is 30.8. The maximum absolute atomic E-state index is 12.4. The van der Waals surface area contributed by atoms with Crippen molar-refractivity contribution in [3.05, 3.63) is 23.8 Å². The zero-order valence-electron chi connectivity index (χ0n) is 15.7. The summed E-state index contributed by atoms with van der Waals surface area (Å²) < 4.78 is 26.3. The first kappa shape index (κ1) is 22.6. The number of allylic oxidation sites excluding steroid dienone is 2. The van der Waals surface area contributed by atoms with E-state index in [1.165, 1.54) is 0 Å². The molecule has 3 unspecified atom stereocenters. The maximum Gasteiger partial charge on any atom is 0.472 e. The average Bonchev–Trinajstić information content (AvgIpc) is 2.84. The zero-order valence-corrected chi connectivity index (χ0v) is 16.5. The highest BCUT2D eigenvalue weighted by Crippen LogP contribution is 2.49. The lowest BCUT2D eigenvalue weighted by Crippen LogP contribution is -2.38. The number of phosphoric acid groups is 1. The fourth-order valence-electron chi connectivity index (χ4n) is 3.30. The molecule has 1 aliphatic carbocycles. The van der Waals surface area contributed by atoms with E-state index >= 15 is 0 Å². The molecule has 156 valence electrons. The summed E-state index contributed by atoms with van der Waals surface area (Å²) in [7, 11) is -4.80. The molecule has 0 aromatic carbocycles. The molecule has 0 spiro atoms. The van der Waals surface area contributed by atoms with Gasteiger partial charge in [-0.05, 0) is 29.9 Å². The van der Waals surface area contributed by atoms with Crippen LogP contribution in [-0.4, -0.2) is 63.7 Å². The van der Waals surface area contributed by atoms with Gasteiger partial charge in [0.1, 0.15) is 12.2 Å². The Kier molecular flexibility index (Phi) is 6.44. The van der Waals surface area contributed by atoms with Gasteiger partial charge in [0.25, 0.3) is 0 Å². The Bertz CT molecular complexity index is 783. The molecule has 1 fully saturated rings. The van der Waals surface area contributed by atoms with E-state index < -0.39 is 61.8 Å². The van der Waals surface area contributed by atoms with Crippen LogP contribution in [0.15, 0.2) is 23.8 Å². The molecule has 3 N–H and O–H groups in total. The first-order valence-corrected chi connectivity index (χ1v) is 9.94. The van der Waals surface area contributed by atoms with Gasteiger partial charge in [0.05, 0.1) is 6.61 Å². The number of cyclic esters (lactones) is 1. The summed E-state index contributed by atoms with van der Waals surface area (Å²) in [5.41, 5.74) is 0.528. The monoisotopic (exact) mass is 418 g/mol. The summed E-state index contributed by atoms with van der Waals surface area (Å²) in [5, 5.41) is 19.1. The lowest BCUT2D eigenvalue weighted by Gasteiger charge is -2.36. The van der Waals surface area contributed by atoms with Gasteiger partial charge in [0.15, 0.2) is 11.9 Å². The van der Waals surface area contributed by atoms with E-state index in [1.807, 2.05) is 13.8 Å². The number of ether oxygens (including phenoxy) is 1. The van der Waals surface area contributed by atoms with Gasteiger partial charge in [-0.15, -0.1) is 0 Å². The molecule has 1 aliphatic heterocycles. The van der Waals surface area contributed by atoms with Crippen molar-refractivity contribution in [1.82, 2.24) is 0 Å². The Labute approximate surface area is 161 Å². The Morgan fingerprint density at radius 3 is 2.50 bits per heavy atom. The van der Waals surface area contributed by atoms with Crippen molar-refractivity contribution in [1.29, 1.82) is 0 Å². The van der Waals surface area contributed by atoms with Crippen LogP contribution in [0.4, 0.5) is 0 Å². The van der Waals surface area contributed by atoms with E-state index in [9.17, 15) is 34.1 Å². The van der Waals surface area contributed by atoms with Crippen LogP contribution in [0.5, 0.6) is 0 Å². The third kappa shape index (κ3) is 4.48. The molecule has 5 atom stereocenters. The van der Waals surface area contributed by atoms with Crippen LogP contribution < -0.4 is 0 Å². The minimum atomic E-state index is -4.80. The summed E-state index contributed by atoms with van der Waals surface area (Å²) >= 11 is 0. The lowest BCUT2D eigenvalue weighted by molar-refractivity contribution is -0.151. The van der Waals surface area contributed by atoms with E-state index in [-0.39, 0.29) is 6.42 Å². The molecule has 28 heavy (non-hydrogen) atoms. The van der Waals surface area contributed by atoms with Crippen LogP contribution in [0, 0.1) is 5.41 Å². The molecule has 1 saturated heterocycles. The molecule has 0 radical (unpaired) electrons. The molecule has 0 amide bonds. The second-order valence-corrected chi connectivity index (χ2v) is 8.69. The summed E-state index contributed by atoms with van der Waals surface area (Å²) in [6.45, 7) is 8.00. The number of hydrogen-bond donors (Lipinski definition) is 3. The highest BCUT2D eigenvalue weighted by Gasteiger charge is 2.47. The quantitative estimate of drug-likeness (QED) is 0.296. The number of aliphatic hydroxyl groups excluding tert-OH is 2. The topological polar surface area (TPSA) is 157 Å². The molecule has 11 heteroatoms. The minimum absolute atomic E-state index is 0.103. The van der Waals surface area contributed by atoms with Crippen molar-refractivity contribution in [2.75, 3.05) is 6.61 Å². The average molecular weight is 418 g/mol. The molecule has 1 heterocycles. The van der Waals surface area contributed by atoms with E-state index in [0.717, 1.165) is 0 Å². The van der Waals surface area contributed by atoms with Crippen LogP contribution in [0.3, 0.4) is 0 Å². The van der Waals surface area contributed by atoms with Gasteiger partial charge in [-0.25, -0.2) is 9.36 Å². The summed E-state index contributed by atoms with van der Waals surface area (Å²) in [4.78, 5) is 45.0. The standard InChI is InChI=1S/C17H23O10P/c1-5-9-8(2)12(19)11(6-17(9,3)4)27-28(23,24)25-7-10(18)15-13(20)14(21)16(22)26-15/h5,10-11,14-15,18,21H,1,6-7H2,2-4H3,(H,23,24)/t10-,11?,14?,15+/m0/s1. The first-order valence-electron chi connectivity index (χ1n) is 8.45. The van der Waals surface area contributed by atoms with Crippen molar-refractivity contribution in [3.8, 4) is 0 Å². The van der Waals surface area contributed by atoms with E-state index in [0.29, 0.717) is 11.1 Å². The van der Waals surface area contributed by atoms with Gasteiger partial charge in [-0.3, -0.25) is 18.6 Å². The number of hydrogen-bond acceptors (Lipinski definition) is 9. The summed E-state index contributed by atoms with van der Waals surface area (Å²) in [6.07, 6.45) is -5.13. The van der Waals surface area contributed by atoms with E-state index in [1.54, 1.807) is 13.0 Å². The van der Waals surface area contributed by atoms with Gasteiger partial charge >= 0.3 is 13.8 Å². The van der Waals surface area contributed by atoms with Crippen molar-refractivity contribution in [2.24, 2.45) is 5.41 Å². The van der Waals surface area contributed by atoms with Gasteiger partial charge in [-0.2, -0.15) is 0 Å². The van der Waals surface area contributed by atoms with Gasteiger partial charge < -0.3 is 19.8 Å². The number of Topliss-reactive ketones (excluding diaryl/α,β-unsaturated/α-hetero) is 2. The van der Waals surface area contributed by atoms with E-state index in [2.05, 4.69) is 15.8 Å². The van der Waals surface area contributed by atoms with Crippen molar-refractivity contribution in [3.63, 3.8) is 0 Å². The van der Waals surface area contributed by atoms with E-state index in [4.69, 9.17) is 4.52 Å². The summed E-state index contributed by atoms with van der Waals surface area (Å²) in [6, 6.07) is 0. The van der Waals surface area contributed by atoms with Gasteiger partial charge in [0, 0.05) is 0 Å². The highest BCUT2D eigenvalue weighted by molar-refractivity contribution is 7.47. The number of phosphoric ester groups is 1. The molecule has 2 rings (SSSR count). The summed E-state index contributed by atoms with van der Waals surface area (Å²) in [5.74, 6) is -2.81. The Morgan fingerprint density at radius 2 is 2.00 bits per heavy atom. The predicted octanol–water partition coefficient (Wildman–Crippen LogP) is 0.206. The minimum Gasteiger partial charge on any atom is -0.449 e. The molecule has 10 nitrogen and oxygen atoms in total. The first-order chi connectivity index (χ1) is 12.8. The van der Waals surface area contributed by atoms with Crippen LogP contribution in [0.2, 0.25) is 0 Å². The number of rotatable bonds is 7. The lowest BCUT2D eigenvalue weighted by atomic mass is 9.71. The zero-order chi connectivity index (χ0) is 21.4.